The lowest BCUT2D eigenvalue weighted by atomic mass is 9.90. The Balaban J connectivity index is 1.04. The number of piperidine rings is 1. The topological polar surface area (TPSA) is 92.3 Å². The molecule has 3 aromatic heterocycles. The molecule has 2 aliphatic rings. The number of carbonyl (C=O) groups excluding carboxylic acids is 1. The summed E-state index contributed by atoms with van der Waals surface area (Å²) in [7, 11) is 1.81. The maximum absolute atomic E-state index is 14.9. The van der Waals surface area contributed by atoms with Gasteiger partial charge in [-0.05, 0) is 68.2 Å². The number of carbonyl (C=O) groups is 1. The van der Waals surface area contributed by atoms with Gasteiger partial charge in [0.1, 0.15) is 28.7 Å². The van der Waals surface area contributed by atoms with E-state index in [9.17, 15) is 23.1 Å². The number of aryl methyl sites for hydroxylation is 1. The van der Waals surface area contributed by atoms with Gasteiger partial charge in [0.15, 0.2) is 0 Å². The van der Waals surface area contributed by atoms with Gasteiger partial charge in [-0.2, -0.15) is 5.10 Å². The second-order valence-corrected chi connectivity index (χ2v) is 12.5. The van der Waals surface area contributed by atoms with Crippen LogP contribution in [0.3, 0.4) is 0 Å². The number of amides is 1. The average molecular weight is 642 g/mol. The van der Waals surface area contributed by atoms with E-state index in [0.717, 1.165) is 41.7 Å². The quantitative estimate of drug-likeness (QED) is 0.243. The highest BCUT2D eigenvalue weighted by Crippen LogP contribution is 2.38. The molecular weight excluding hydrogens is 607 g/mol. The van der Waals surface area contributed by atoms with Crippen LogP contribution in [0.25, 0.3) is 22.4 Å². The van der Waals surface area contributed by atoms with Crippen molar-refractivity contribution in [3.63, 3.8) is 0 Å². The SMILES string of the molecule is Cn1cc(-c2ccnc3c2C(=O)N(CC2CCN(CC(O)(Cn4ccnc4)c4ccc(F)cc4F)CC2)C3)c(-c2ccc(F)cc2)n1. The van der Waals surface area contributed by atoms with Crippen LogP contribution < -0.4 is 0 Å². The van der Waals surface area contributed by atoms with Crippen molar-refractivity contribution in [2.75, 3.05) is 26.2 Å². The molecule has 9 nitrogen and oxygen atoms in total. The van der Waals surface area contributed by atoms with E-state index in [0.29, 0.717) is 43.1 Å². The Morgan fingerprint density at radius 3 is 2.45 bits per heavy atom. The van der Waals surface area contributed by atoms with E-state index >= 15 is 0 Å². The second kappa shape index (κ2) is 12.4. The molecule has 1 fully saturated rings. The Labute approximate surface area is 269 Å². The molecule has 0 bridgehead atoms. The van der Waals surface area contributed by atoms with Crippen LogP contribution in [-0.4, -0.2) is 71.3 Å². The number of aromatic nitrogens is 5. The molecule has 12 heteroatoms. The van der Waals surface area contributed by atoms with Crippen LogP contribution in [0.15, 0.2) is 79.6 Å². The third kappa shape index (κ3) is 6.18. The first kappa shape index (κ1) is 30.8. The first-order valence-electron chi connectivity index (χ1n) is 15.6. The van der Waals surface area contributed by atoms with E-state index < -0.39 is 17.2 Å². The molecular formula is C35H34F3N7O2. The minimum Gasteiger partial charge on any atom is -0.382 e. The van der Waals surface area contributed by atoms with Gasteiger partial charge in [-0.25, -0.2) is 18.2 Å². The molecule has 7 rings (SSSR count). The molecule has 5 heterocycles. The number of hydrogen-bond acceptors (Lipinski definition) is 6. The van der Waals surface area contributed by atoms with Gasteiger partial charge in [0.05, 0.1) is 30.7 Å². The summed E-state index contributed by atoms with van der Waals surface area (Å²) in [6, 6.07) is 11.2. The maximum Gasteiger partial charge on any atom is 0.256 e. The molecule has 0 spiro atoms. The summed E-state index contributed by atoms with van der Waals surface area (Å²) in [5.41, 5.74) is 2.64. The Morgan fingerprint density at radius 2 is 1.72 bits per heavy atom. The van der Waals surface area contributed by atoms with Crippen molar-refractivity contribution >= 4 is 5.91 Å². The van der Waals surface area contributed by atoms with Crippen molar-refractivity contribution in [2.24, 2.45) is 13.0 Å². The number of nitrogens with zero attached hydrogens (tertiary/aromatic N) is 7. The lowest BCUT2D eigenvalue weighted by Crippen LogP contribution is -2.48. The highest BCUT2D eigenvalue weighted by atomic mass is 19.1. The molecule has 1 atom stereocenters. The maximum atomic E-state index is 14.9. The fourth-order valence-electron chi connectivity index (χ4n) is 6.93. The lowest BCUT2D eigenvalue weighted by Gasteiger charge is -2.39. The minimum absolute atomic E-state index is 0.0367. The molecule has 1 unspecified atom stereocenters. The third-order valence-electron chi connectivity index (χ3n) is 9.21. The smallest absolute Gasteiger partial charge is 0.256 e. The number of aliphatic hydroxyl groups is 1. The molecule has 47 heavy (non-hydrogen) atoms. The highest BCUT2D eigenvalue weighted by Gasteiger charge is 2.38. The number of rotatable bonds is 9. The second-order valence-electron chi connectivity index (χ2n) is 12.5. The van der Waals surface area contributed by atoms with Crippen LogP contribution in [0.1, 0.15) is 34.5 Å². The summed E-state index contributed by atoms with van der Waals surface area (Å²) in [5.74, 6) is -1.68. The molecule has 2 aliphatic heterocycles. The van der Waals surface area contributed by atoms with E-state index in [-0.39, 0.29) is 36.3 Å². The summed E-state index contributed by atoms with van der Waals surface area (Å²) >= 11 is 0. The number of β-amino-alcohol motifs (C(OH)–C–C–N with tert-alkyl or cyclic N) is 1. The normalized spacial score (nSPS) is 16.9. The van der Waals surface area contributed by atoms with Gasteiger partial charge in [-0.3, -0.25) is 14.5 Å². The summed E-state index contributed by atoms with van der Waals surface area (Å²) in [6.45, 7) is 2.48. The van der Waals surface area contributed by atoms with E-state index in [1.165, 1.54) is 18.2 Å². The van der Waals surface area contributed by atoms with Gasteiger partial charge in [0.25, 0.3) is 5.91 Å². The summed E-state index contributed by atoms with van der Waals surface area (Å²) in [5, 5.41) is 16.4. The highest BCUT2D eigenvalue weighted by molar-refractivity contribution is 6.05. The largest absolute Gasteiger partial charge is 0.382 e. The fourth-order valence-corrected chi connectivity index (χ4v) is 6.93. The molecule has 5 aromatic rings. The zero-order valence-corrected chi connectivity index (χ0v) is 25.9. The van der Waals surface area contributed by atoms with Crippen LogP contribution in [0.2, 0.25) is 0 Å². The first-order valence-corrected chi connectivity index (χ1v) is 15.6. The number of pyridine rings is 1. The molecule has 0 saturated carbocycles. The molecule has 242 valence electrons. The lowest BCUT2D eigenvalue weighted by molar-refractivity contribution is -0.0270. The van der Waals surface area contributed by atoms with Crippen molar-refractivity contribution in [1.82, 2.24) is 34.1 Å². The number of likely N-dealkylation sites (tertiary alicyclic amines) is 1. The predicted molar refractivity (Wildman–Crippen MR) is 168 cm³/mol. The van der Waals surface area contributed by atoms with Gasteiger partial charge in [0.2, 0.25) is 0 Å². The summed E-state index contributed by atoms with van der Waals surface area (Å²) in [6.07, 6.45) is 9.98. The number of imidazole rings is 1. The van der Waals surface area contributed by atoms with Crippen LogP contribution in [0.5, 0.6) is 0 Å². The standard InChI is InChI=1S/C35H34F3N7O2/c1-42-18-28(33(41-42)24-2-4-25(36)5-3-24)27-8-11-40-31-19-45(34(46)32(27)31)17-23-9-13-43(14-10-23)20-35(47,21-44-15-12-39-22-44)29-7-6-26(37)16-30(29)38/h2-8,11-12,15-16,18,22-23,47H,9-10,13-14,17,19-21H2,1H3. The van der Waals surface area contributed by atoms with Gasteiger partial charge in [0, 0.05) is 73.2 Å². The third-order valence-corrected chi connectivity index (χ3v) is 9.21. The molecule has 1 saturated heterocycles. The molecule has 0 aliphatic carbocycles. The first-order chi connectivity index (χ1) is 22.7. The predicted octanol–water partition coefficient (Wildman–Crippen LogP) is 5.02. The molecule has 0 radical (unpaired) electrons. The van der Waals surface area contributed by atoms with E-state index in [1.807, 2.05) is 24.2 Å². The van der Waals surface area contributed by atoms with Crippen LogP contribution in [0.4, 0.5) is 13.2 Å². The Bertz CT molecular complexity index is 1900. The van der Waals surface area contributed by atoms with Crippen molar-refractivity contribution < 1.29 is 23.1 Å². The molecule has 1 N–H and O–H groups in total. The van der Waals surface area contributed by atoms with Crippen molar-refractivity contribution in [2.45, 2.75) is 31.5 Å². The Kier molecular flexibility index (Phi) is 8.15. The van der Waals surface area contributed by atoms with Crippen LogP contribution >= 0.6 is 0 Å². The van der Waals surface area contributed by atoms with Crippen LogP contribution in [0, 0.1) is 23.4 Å². The van der Waals surface area contributed by atoms with Gasteiger partial charge in [-0.15, -0.1) is 0 Å². The van der Waals surface area contributed by atoms with Gasteiger partial charge < -0.3 is 19.5 Å². The van der Waals surface area contributed by atoms with Crippen molar-refractivity contribution in [1.29, 1.82) is 0 Å². The van der Waals surface area contributed by atoms with Crippen molar-refractivity contribution in [3.05, 3.63) is 114 Å². The Hall–Kier alpha value is -4.81. The molecule has 2 aromatic carbocycles. The monoisotopic (exact) mass is 641 g/mol. The van der Waals surface area contributed by atoms with E-state index in [4.69, 9.17) is 0 Å². The number of fused-ring (bicyclic) bond motifs is 1. The van der Waals surface area contributed by atoms with Crippen molar-refractivity contribution in [3.8, 4) is 22.4 Å². The molecule has 1 amide bonds. The van der Waals surface area contributed by atoms with E-state index in [1.54, 1.807) is 46.3 Å². The number of halogens is 3. The zero-order chi connectivity index (χ0) is 32.7. The van der Waals surface area contributed by atoms with Gasteiger partial charge >= 0.3 is 0 Å². The summed E-state index contributed by atoms with van der Waals surface area (Å²) in [4.78, 5) is 26.4. The Morgan fingerprint density at radius 1 is 0.957 bits per heavy atom. The number of hydrogen-bond donors (Lipinski definition) is 1. The van der Waals surface area contributed by atoms with Gasteiger partial charge in [-0.1, -0.05) is 6.07 Å². The summed E-state index contributed by atoms with van der Waals surface area (Å²) < 4.78 is 45.6. The van der Waals surface area contributed by atoms with Crippen LogP contribution in [-0.2, 0) is 25.7 Å². The average Bonchev–Trinajstić information content (AvgIpc) is 3.78. The minimum atomic E-state index is -1.61. The number of benzene rings is 2. The zero-order valence-electron chi connectivity index (χ0n) is 25.9. The fraction of sp³-hybridized carbons (Fsp3) is 0.314. The van der Waals surface area contributed by atoms with E-state index in [2.05, 4.69) is 20.0 Å².